The summed E-state index contributed by atoms with van der Waals surface area (Å²) >= 11 is 0. The third-order valence-electron chi connectivity index (χ3n) is 3.20. The lowest BCUT2D eigenvalue weighted by molar-refractivity contribution is 0.0514. The average molecular weight is 276 g/mol. The van der Waals surface area contributed by atoms with E-state index in [0.29, 0.717) is 17.6 Å². The fraction of sp³-hybridized carbons (Fsp3) is 0.471. The summed E-state index contributed by atoms with van der Waals surface area (Å²) in [5.74, 6) is -0.384. The van der Waals surface area contributed by atoms with E-state index in [1.165, 1.54) is 12.8 Å². The molecule has 3 heteroatoms. The molecule has 1 N–H and O–H groups in total. The molecule has 110 valence electrons. The molecular weight excluding hydrogens is 252 g/mol. The van der Waals surface area contributed by atoms with Crippen molar-refractivity contribution in [2.24, 2.45) is 0 Å². The van der Waals surface area contributed by atoms with Gasteiger partial charge in [-0.15, -0.1) is 0 Å². The zero-order valence-corrected chi connectivity index (χ0v) is 12.2. The molecule has 0 aliphatic rings. The van der Waals surface area contributed by atoms with Crippen LogP contribution >= 0.6 is 0 Å². The Bertz CT molecular complexity index is 412. The lowest BCUT2D eigenvalue weighted by Crippen LogP contribution is -2.16. The minimum atomic E-state index is -0.588. The molecular formula is C17H24O3. The first-order valence-corrected chi connectivity index (χ1v) is 7.23. The van der Waals surface area contributed by atoms with Crippen LogP contribution in [0.5, 0.6) is 0 Å². The Balaban J connectivity index is 2.27. The quantitative estimate of drug-likeness (QED) is 0.424. The van der Waals surface area contributed by atoms with Crippen LogP contribution in [0.1, 0.15) is 49.4 Å². The van der Waals surface area contributed by atoms with Gasteiger partial charge in [-0.1, -0.05) is 57.4 Å². The fourth-order valence-electron chi connectivity index (χ4n) is 1.88. The molecule has 0 aliphatic carbocycles. The topological polar surface area (TPSA) is 46.5 Å². The summed E-state index contributed by atoms with van der Waals surface area (Å²) in [6, 6.07) is 8.82. The van der Waals surface area contributed by atoms with Crippen LogP contribution in [0.15, 0.2) is 42.5 Å². The Kier molecular flexibility index (Phi) is 7.66. The summed E-state index contributed by atoms with van der Waals surface area (Å²) in [6.07, 6.45) is 4.54. The first kappa shape index (κ1) is 16.4. The highest BCUT2D eigenvalue weighted by Crippen LogP contribution is 2.12. The maximum atomic E-state index is 11.7. The van der Waals surface area contributed by atoms with E-state index in [2.05, 4.69) is 13.5 Å². The standard InChI is InChI=1S/C17H24O3/c1-3-4-5-9-12-16(18)14(2)13-20-17(19)15-10-7-6-8-11-15/h6-8,10-11,16,18H,2-5,9,12-13H2,1H3. The monoisotopic (exact) mass is 276 g/mol. The van der Waals surface area contributed by atoms with Gasteiger partial charge in [0.25, 0.3) is 0 Å². The first-order chi connectivity index (χ1) is 9.65. The Morgan fingerprint density at radius 1 is 1.25 bits per heavy atom. The number of esters is 1. The van der Waals surface area contributed by atoms with Crippen LogP contribution in [-0.4, -0.2) is 23.8 Å². The number of hydrogen-bond acceptors (Lipinski definition) is 3. The predicted octanol–water partition coefficient (Wildman–Crippen LogP) is 3.73. The number of ether oxygens (including phenoxy) is 1. The summed E-state index contributed by atoms with van der Waals surface area (Å²) in [7, 11) is 0. The zero-order valence-electron chi connectivity index (χ0n) is 12.2. The Morgan fingerprint density at radius 2 is 1.95 bits per heavy atom. The van der Waals surface area contributed by atoms with Crippen LogP contribution in [0.4, 0.5) is 0 Å². The summed E-state index contributed by atoms with van der Waals surface area (Å²) in [5.41, 5.74) is 1.07. The van der Waals surface area contributed by atoms with E-state index in [0.717, 1.165) is 12.8 Å². The number of carbonyl (C=O) groups is 1. The van der Waals surface area contributed by atoms with E-state index < -0.39 is 6.10 Å². The van der Waals surface area contributed by atoms with Crippen molar-refractivity contribution in [3.8, 4) is 0 Å². The molecule has 3 nitrogen and oxygen atoms in total. The van der Waals surface area contributed by atoms with Gasteiger partial charge in [-0.2, -0.15) is 0 Å². The maximum Gasteiger partial charge on any atom is 0.338 e. The molecule has 0 bridgehead atoms. The summed E-state index contributed by atoms with van der Waals surface area (Å²) in [5, 5.41) is 9.91. The molecule has 0 saturated heterocycles. The number of hydrogen-bond donors (Lipinski definition) is 1. The first-order valence-electron chi connectivity index (χ1n) is 7.23. The van der Waals surface area contributed by atoms with Crippen molar-refractivity contribution in [3.05, 3.63) is 48.0 Å². The predicted molar refractivity (Wildman–Crippen MR) is 80.6 cm³/mol. The third kappa shape index (κ3) is 6.02. The zero-order chi connectivity index (χ0) is 14.8. The molecule has 1 rings (SSSR count). The highest BCUT2D eigenvalue weighted by atomic mass is 16.5. The van der Waals surface area contributed by atoms with Crippen molar-refractivity contribution in [2.75, 3.05) is 6.61 Å². The van der Waals surface area contributed by atoms with E-state index in [1.54, 1.807) is 24.3 Å². The van der Waals surface area contributed by atoms with Crippen molar-refractivity contribution in [3.63, 3.8) is 0 Å². The molecule has 0 radical (unpaired) electrons. The van der Waals surface area contributed by atoms with Crippen molar-refractivity contribution >= 4 is 5.97 Å². The second-order valence-corrected chi connectivity index (χ2v) is 4.97. The van der Waals surface area contributed by atoms with Gasteiger partial charge in [0.2, 0.25) is 0 Å². The molecule has 0 aromatic heterocycles. The normalized spacial score (nSPS) is 11.9. The molecule has 0 fully saturated rings. The van der Waals surface area contributed by atoms with Gasteiger partial charge in [0.15, 0.2) is 0 Å². The van der Waals surface area contributed by atoms with Crippen LogP contribution in [0.3, 0.4) is 0 Å². The van der Waals surface area contributed by atoms with Crippen molar-refractivity contribution < 1.29 is 14.6 Å². The maximum absolute atomic E-state index is 11.7. The Morgan fingerprint density at radius 3 is 2.60 bits per heavy atom. The van der Waals surface area contributed by atoms with Crippen LogP contribution in [0, 0.1) is 0 Å². The molecule has 0 aliphatic heterocycles. The van der Waals surface area contributed by atoms with E-state index in [9.17, 15) is 9.90 Å². The minimum absolute atomic E-state index is 0.0721. The number of carbonyl (C=O) groups excluding carboxylic acids is 1. The van der Waals surface area contributed by atoms with Gasteiger partial charge in [-0.25, -0.2) is 4.79 Å². The Labute approximate surface area is 121 Å². The average Bonchev–Trinajstić information content (AvgIpc) is 2.49. The molecule has 1 atom stereocenters. The number of rotatable bonds is 9. The fourth-order valence-corrected chi connectivity index (χ4v) is 1.88. The van der Waals surface area contributed by atoms with Gasteiger partial charge < -0.3 is 9.84 Å². The largest absolute Gasteiger partial charge is 0.457 e. The molecule has 1 aromatic carbocycles. The molecule has 0 amide bonds. The third-order valence-corrected chi connectivity index (χ3v) is 3.20. The van der Waals surface area contributed by atoms with Crippen molar-refractivity contribution in [1.29, 1.82) is 0 Å². The van der Waals surface area contributed by atoms with Crippen LogP contribution < -0.4 is 0 Å². The van der Waals surface area contributed by atoms with Gasteiger partial charge in [0, 0.05) is 0 Å². The van der Waals surface area contributed by atoms with Gasteiger partial charge >= 0.3 is 5.97 Å². The summed E-state index contributed by atoms with van der Waals surface area (Å²) in [6.45, 7) is 6.02. The summed E-state index contributed by atoms with van der Waals surface area (Å²) in [4.78, 5) is 11.7. The molecule has 0 heterocycles. The van der Waals surface area contributed by atoms with E-state index >= 15 is 0 Å². The van der Waals surface area contributed by atoms with E-state index in [4.69, 9.17) is 4.74 Å². The van der Waals surface area contributed by atoms with E-state index in [1.807, 2.05) is 6.07 Å². The number of aliphatic hydroxyl groups excluding tert-OH is 1. The van der Waals surface area contributed by atoms with Crippen LogP contribution in [0.2, 0.25) is 0 Å². The second kappa shape index (κ2) is 9.32. The van der Waals surface area contributed by atoms with Gasteiger partial charge in [0.1, 0.15) is 6.61 Å². The number of unbranched alkanes of at least 4 members (excludes halogenated alkanes) is 3. The highest BCUT2D eigenvalue weighted by molar-refractivity contribution is 5.89. The molecule has 20 heavy (non-hydrogen) atoms. The molecule has 0 saturated carbocycles. The smallest absolute Gasteiger partial charge is 0.338 e. The van der Waals surface area contributed by atoms with Gasteiger partial charge in [-0.05, 0) is 24.1 Å². The summed E-state index contributed by atoms with van der Waals surface area (Å²) < 4.78 is 5.14. The minimum Gasteiger partial charge on any atom is -0.457 e. The van der Waals surface area contributed by atoms with Crippen LogP contribution in [-0.2, 0) is 4.74 Å². The lowest BCUT2D eigenvalue weighted by atomic mass is 10.0. The van der Waals surface area contributed by atoms with Gasteiger partial charge in [0.05, 0.1) is 11.7 Å². The molecule has 1 aromatic rings. The van der Waals surface area contributed by atoms with Crippen molar-refractivity contribution in [1.82, 2.24) is 0 Å². The van der Waals surface area contributed by atoms with E-state index in [-0.39, 0.29) is 12.6 Å². The number of benzene rings is 1. The van der Waals surface area contributed by atoms with Crippen LogP contribution in [0.25, 0.3) is 0 Å². The van der Waals surface area contributed by atoms with Crippen molar-refractivity contribution in [2.45, 2.75) is 45.1 Å². The Hall–Kier alpha value is -1.61. The molecule has 1 unspecified atom stereocenters. The SMILES string of the molecule is C=C(COC(=O)c1ccccc1)C(O)CCCCCC. The van der Waals surface area contributed by atoms with Gasteiger partial charge in [-0.3, -0.25) is 0 Å². The number of aliphatic hydroxyl groups is 1. The molecule has 0 spiro atoms. The second-order valence-electron chi connectivity index (χ2n) is 4.97. The highest BCUT2D eigenvalue weighted by Gasteiger charge is 2.12. The lowest BCUT2D eigenvalue weighted by Gasteiger charge is -2.14.